The molecule has 1 heterocycles. The smallest absolute Gasteiger partial charge is 0.315 e. The first-order valence-electron chi connectivity index (χ1n) is 1.94. The van der Waals surface area contributed by atoms with Crippen LogP contribution in [-0.4, -0.2) is 8.42 Å². The Morgan fingerprint density at radius 3 is 2.12 bits per heavy atom. The highest BCUT2D eigenvalue weighted by molar-refractivity contribution is 7.83. The molecule has 46 valence electrons. The zero-order valence-electron chi connectivity index (χ0n) is 4.12. The van der Waals surface area contributed by atoms with Crippen LogP contribution >= 0.6 is 0 Å². The Balaban J connectivity index is 2.69. The summed E-state index contributed by atoms with van der Waals surface area (Å²) in [5, 5.41) is 0. The van der Waals surface area contributed by atoms with Crippen LogP contribution in [0.25, 0.3) is 0 Å². The molecule has 0 radical (unpaired) electrons. The van der Waals surface area contributed by atoms with E-state index in [9.17, 15) is 8.42 Å². The minimum atomic E-state index is -3.61. The second-order valence-electron chi connectivity index (χ2n) is 1.18. The predicted octanol–water partition coefficient (Wildman–Crippen LogP) is 0.139. The molecule has 1 saturated heterocycles. The molecular formula is C3H4O4S. The lowest BCUT2D eigenvalue weighted by molar-refractivity contribution is 0.119. The van der Waals surface area contributed by atoms with Gasteiger partial charge in [-0.2, -0.15) is 0 Å². The molecule has 1 rings (SSSR count). The summed E-state index contributed by atoms with van der Waals surface area (Å²) in [5.74, 6) is 0.0463. The average molecular weight is 136 g/mol. The molecule has 1 aliphatic rings. The molecule has 8 heavy (non-hydrogen) atoms. The van der Waals surface area contributed by atoms with Crippen LogP contribution in [0.15, 0.2) is 12.0 Å². The van der Waals surface area contributed by atoms with E-state index in [1.54, 1.807) is 6.92 Å². The highest BCUT2D eigenvalue weighted by atomic mass is 32.3. The topological polar surface area (TPSA) is 52.6 Å². The van der Waals surface area contributed by atoms with Crippen molar-refractivity contribution in [2.75, 3.05) is 0 Å². The van der Waals surface area contributed by atoms with Gasteiger partial charge in [-0.25, -0.2) is 0 Å². The monoisotopic (exact) mass is 136 g/mol. The number of hydrogen-bond donors (Lipinski definition) is 0. The lowest BCUT2D eigenvalue weighted by Crippen LogP contribution is -2.21. The summed E-state index contributed by atoms with van der Waals surface area (Å²) in [6.45, 7) is 1.62. The minimum Gasteiger partial charge on any atom is -0.315 e. The van der Waals surface area contributed by atoms with E-state index in [1.165, 1.54) is 6.08 Å². The van der Waals surface area contributed by atoms with Gasteiger partial charge < -0.3 is 8.37 Å². The zero-order chi connectivity index (χ0) is 6.20. The first kappa shape index (κ1) is 5.43. The largest absolute Gasteiger partial charge is 0.506 e. The summed E-state index contributed by atoms with van der Waals surface area (Å²) in [7, 11) is -3.61. The van der Waals surface area contributed by atoms with Crippen LogP contribution in [0.3, 0.4) is 0 Å². The van der Waals surface area contributed by atoms with Crippen LogP contribution < -0.4 is 0 Å². The molecule has 1 aliphatic heterocycles. The Kier molecular flexibility index (Phi) is 0.937. The van der Waals surface area contributed by atoms with Crippen LogP contribution in [0, 0.1) is 0 Å². The standard InChI is InChI=1S/C3H4O4S/c1-2-3-6-8(4,5)7-3/h2H,1H3. The second-order valence-corrected chi connectivity index (χ2v) is 2.33. The van der Waals surface area contributed by atoms with Gasteiger partial charge in [0.05, 0.1) is 0 Å². The van der Waals surface area contributed by atoms with Gasteiger partial charge in [0.25, 0.3) is 0 Å². The van der Waals surface area contributed by atoms with Crippen LogP contribution in [-0.2, 0) is 18.8 Å². The molecule has 0 aliphatic carbocycles. The summed E-state index contributed by atoms with van der Waals surface area (Å²) in [6.07, 6.45) is 1.42. The van der Waals surface area contributed by atoms with Crippen molar-refractivity contribution < 1.29 is 16.8 Å². The molecule has 0 aromatic carbocycles. The lowest BCUT2D eigenvalue weighted by Gasteiger charge is -2.16. The highest BCUT2D eigenvalue weighted by Crippen LogP contribution is 2.20. The van der Waals surface area contributed by atoms with E-state index in [2.05, 4.69) is 8.37 Å². The molecule has 0 saturated carbocycles. The van der Waals surface area contributed by atoms with E-state index in [-0.39, 0.29) is 5.95 Å². The van der Waals surface area contributed by atoms with Gasteiger partial charge in [0, 0.05) is 0 Å². The summed E-state index contributed by atoms with van der Waals surface area (Å²) in [6, 6.07) is 0. The van der Waals surface area contributed by atoms with Gasteiger partial charge in [-0.1, -0.05) is 0 Å². The maximum absolute atomic E-state index is 9.97. The van der Waals surface area contributed by atoms with Gasteiger partial charge in [-0.05, 0) is 13.0 Å². The predicted molar refractivity (Wildman–Crippen MR) is 24.8 cm³/mol. The fourth-order valence-electron chi connectivity index (χ4n) is 0.304. The molecule has 0 bridgehead atoms. The normalized spacial score (nSPS) is 22.4. The van der Waals surface area contributed by atoms with Gasteiger partial charge in [0.15, 0.2) is 0 Å². The third-order valence-electron chi connectivity index (χ3n) is 0.604. The first-order chi connectivity index (χ1) is 3.64. The SMILES string of the molecule is CC=C1OS(=O)(=O)O1. The second kappa shape index (κ2) is 1.38. The van der Waals surface area contributed by atoms with Crippen LogP contribution in [0.4, 0.5) is 0 Å². The molecule has 1 fully saturated rings. The fraction of sp³-hybridized carbons (Fsp3) is 0.333. The average Bonchev–Trinajstić information content (AvgIpc) is 1.60. The molecule has 4 nitrogen and oxygen atoms in total. The molecule has 0 unspecified atom stereocenters. The van der Waals surface area contributed by atoms with Gasteiger partial charge in [-0.15, -0.1) is 8.42 Å². The minimum absolute atomic E-state index is 0.0463. The van der Waals surface area contributed by atoms with Crippen LogP contribution in [0.2, 0.25) is 0 Å². The van der Waals surface area contributed by atoms with Gasteiger partial charge in [0.1, 0.15) is 0 Å². The number of rotatable bonds is 0. The molecule has 0 spiro atoms. The van der Waals surface area contributed by atoms with Crippen molar-refractivity contribution in [3.63, 3.8) is 0 Å². The van der Waals surface area contributed by atoms with Crippen molar-refractivity contribution in [1.29, 1.82) is 0 Å². The maximum Gasteiger partial charge on any atom is 0.506 e. The molecule has 0 aromatic rings. The van der Waals surface area contributed by atoms with E-state index < -0.39 is 10.4 Å². The van der Waals surface area contributed by atoms with E-state index in [0.717, 1.165) is 0 Å². The molecule has 0 aromatic heterocycles. The Morgan fingerprint density at radius 1 is 1.50 bits per heavy atom. The Labute approximate surface area is 47.0 Å². The zero-order valence-corrected chi connectivity index (χ0v) is 4.94. The Hall–Kier alpha value is -0.710. The Bertz CT molecular complexity index is 197. The number of hydrogen-bond acceptors (Lipinski definition) is 4. The maximum atomic E-state index is 9.97. The van der Waals surface area contributed by atoms with E-state index >= 15 is 0 Å². The van der Waals surface area contributed by atoms with Crippen molar-refractivity contribution in [1.82, 2.24) is 0 Å². The van der Waals surface area contributed by atoms with E-state index in [4.69, 9.17) is 0 Å². The molecule has 0 N–H and O–H groups in total. The molecular weight excluding hydrogens is 132 g/mol. The number of allylic oxidation sites excluding steroid dienone is 1. The van der Waals surface area contributed by atoms with Crippen LogP contribution in [0.5, 0.6) is 0 Å². The van der Waals surface area contributed by atoms with Gasteiger partial charge in [-0.3, -0.25) is 0 Å². The third-order valence-corrected chi connectivity index (χ3v) is 1.34. The van der Waals surface area contributed by atoms with E-state index in [0.29, 0.717) is 0 Å². The Morgan fingerprint density at radius 2 is 2.00 bits per heavy atom. The highest BCUT2D eigenvalue weighted by Gasteiger charge is 2.30. The molecule has 5 heteroatoms. The third kappa shape index (κ3) is 0.764. The first-order valence-corrected chi connectivity index (χ1v) is 3.27. The molecule has 0 atom stereocenters. The summed E-state index contributed by atoms with van der Waals surface area (Å²) >= 11 is 0. The summed E-state index contributed by atoms with van der Waals surface area (Å²) in [4.78, 5) is 0. The van der Waals surface area contributed by atoms with Crippen molar-refractivity contribution >= 4 is 10.4 Å². The van der Waals surface area contributed by atoms with Crippen LogP contribution in [0.1, 0.15) is 6.92 Å². The quantitative estimate of drug-likeness (QED) is 0.475. The fourth-order valence-corrected chi connectivity index (χ4v) is 0.911. The summed E-state index contributed by atoms with van der Waals surface area (Å²) in [5.41, 5.74) is 0. The summed E-state index contributed by atoms with van der Waals surface area (Å²) < 4.78 is 28.1. The van der Waals surface area contributed by atoms with Crippen molar-refractivity contribution in [2.45, 2.75) is 6.92 Å². The van der Waals surface area contributed by atoms with Crippen molar-refractivity contribution in [3.8, 4) is 0 Å². The lowest BCUT2D eigenvalue weighted by atomic mass is 10.7. The van der Waals surface area contributed by atoms with Gasteiger partial charge >= 0.3 is 16.3 Å². The van der Waals surface area contributed by atoms with E-state index in [1.807, 2.05) is 0 Å². The van der Waals surface area contributed by atoms with Gasteiger partial charge in [0.2, 0.25) is 0 Å². The van der Waals surface area contributed by atoms with Crippen molar-refractivity contribution in [2.24, 2.45) is 0 Å². The molecule has 0 amide bonds. The van der Waals surface area contributed by atoms with Crippen molar-refractivity contribution in [3.05, 3.63) is 12.0 Å².